The molecule has 0 bridgehead atoms. The lowest BCUT2D eigenvalue weighted by molar-refractivity contribution is -0.143. The topological polar surface area (TPSA) is 95.9 Å². The fourth-order valence-corrected chi connectivity index (χ4v) is 4.43. The fraction of sp³-hybridized carbons (Fsp3) is 0.526. The largest absolute Gasteiger partial charge is 0.481 e. The van der Waals surface area contributed by atoms with E-state index >= 15 is 0 Å². The first kappa shape index (κ1) is 21.2. The second kappa shape index (κ2) is 8.30. The van der Waals surface area contributed by atoms with E-state index in [0.29, 0.717) is 12.3 Å². The molecule has 0 aliphatic carbocycles. The Hall–Kier alpha value is -2.08. The molecule has 2 N–H and O–H groups in total. The van der Waals surface area contributed by atoms with Gasteiger partial charge in [-0.25, -0.2) is 8.42 Å². The molecule has 0 radical (unpaired) electrons. The van der Waals surface area contributed by atoms with Crippen molar-refractivity contribution in [2.45, 2.75) is 44.7 Å². The predicted octanol–water partition coefficient (Wildman–Crippen LogP) is 1.55. The van der Waals surface area contributed by atoms with Crippen molar-refractivity contribution in [3.05, 3.63) is 24.3 Å². The number of hydrogen-bond acceptors (Lipinski definition) is 5. The minimum atomic E-state index is -3.92. The van der Waals surface area contributed by atoms with Crippen LogP contribution < -0.4 is 10.1 Å². The van der Waals surface area contributed by atoms with Gasteiger partial charge < -0.3 is 15.2 Å². The minimum absolute atomic E-state index is 0.0379. The van der Waals surface area contributed by atoms with E-state index in [1.807, 2.05) is 20.8 Å². The lowest BCUT2D eigenvalue weighted by Crippen LogP contribution is -2.61. The number of rotatable bonds is 5. The van der Waals surface area contributed by atoms with Gasteiger partial charge in [-0.05, 0) is 52.0 Å². The molecule has 8 heteroatoms. The zero-order valence-corrected chi connectivity index (χ0v) is 16.8. The molecular formula is C19H26N2O5S. The molecule has 2 unspecified atom stereocenters. The lowest BCUT2D eigenvalue weighted by atomic mass is 9.98. The van der Waals surface area contributed by atoms with Crippen LogP contribution in [0.3, 0.4) is 0 Å². The average molecular weight is 394 g/mol. The number of carboxylic acid groups (broad SMARTS) is 1. The van der Waals surface area contributed by atoms with E-state index in [4.69, 9.17) is 4.74 Å². The van der Waals surface area contributed by atoms with Crippen LogP contribution >= 0.6 is 0 Å². The Kier molecular flexibility index (Phi) is 6.52. The van der Waals surface area contributed by atoms with Crippen molar-refractivity contribution in [2.24, 2.45) is 5.41 Å². The normalized spacial score (nSPS) is 21.2. The number of ether oxygens (including phenoxy) is 1. The summed E-state index contributed by atoms with van der Waals surface area (Å²) in [6.07, 6.45) is 0. The predicted molar refractivity (Wildman–Crippen MR) is 102 cm³/mol. The molecule has 0 amide bonds. The number of hydrogen-bond donors (Lipinski definition) is 2. The van der Waals surface area contributed by atoms with Crippen molar-refractivity contribution in [3.8, 4) is 17.6 Å². The molecule has 2 rings (SSSR count). The van der Waals surface area contributed by atoms with Gasteiger partial charge in [0.25, 0.3) is 0 Å². The summed E-state index contributed by atoms with van der Waals surface area (Å²) in [5.74, 6) is 5.30. The minimum Gasteiger partial charge on any atom is -0.481 e. The number of aliphatic carboxylic acids is 1. The van der Waals surface area contributed by atoms with Crippen molar-refractivity contribution in [3.63, 3.8) is 0 Å². The Morgan fingerprint density at radius 1 is 1.33 bits per heavy atom. The van der Waals surface area contributed by atoms with Crippen LogP contribution in [0.2, 0.25) is 0 Å². The molecule has 1 heterocycles. The number of sulfonamides is 1. The second-order valence-corrected chi connectivity index (χ2v) is 9.34. The van der Waals surface area contributed by atoms with Gasteiger partial charge in [0.15, 0.2) is 0 Å². The number of benzene rings is 1. The number of carbonyl (C=O) groups is 1. The summed E-state index contributed by atoms with van der Waals surface area (Å²) in [5, 5.41) is 12.4. The third kappa shape index (κ3) is 5.45. The fourth-order valence-electron chi connectivity index (χ4n) is 2.77. The van der Waals surface area contributed by atoms with Crippen LogP contribution in [-0.4, -0.2) is 55.6 Å². The third-order valence-electron chi connectivity index (χ3n) is 4.04. The van der Waals surface area contributed by atoms with Crippen LogP contribution in [0, 0.1) is 17.3 Å². The first-order valence-electron chi connectivity index (χ1n) is 8.73. The Balaban J connectivity index is 2.14. The van der Waals surface area contributed by atoms with Gasteiger partial charge in [-0.1, -0.05) is 11.8 Å². The first-order valence-corrected chi connectivity index (χ1v) is 10.2. The molecule has 0 spiro atoms. The molecule has 1 aromatic carbocycles. The van der Waals surface area contributed by atoms with Gasteiger partial charge in [-0.15, -0.1) is 0 Å². The van der Waals surface area contributed by atoms with Crippen molar-refractivity contribution < 1.29 is 23.1 Å². The maximum atomic E-state index is 12.9. The van der Waals surface area contributed by atoms with Gasteiger partial charge in [0.2, 0.25) is 10.0 Å². The summed E-state index contributed by atoms with van der Waals surface area (Å²) < 4.78 is 32.4. The highest BCUT2D eigenvalue weighted by Crippen LogP contribution is 2.24. The summed E-state index contributed by atoms with van der Waals surface area (Å²) in [5.41, 5.74) is -0.109. The molecular weight excluding hydrogens is 368 g/mol. The Morgan fingerprint density at radius 3 is 2.52 bits per heavy atom. The van der Waals surface area contributed by atoms with Crippen LogP contribution in [0.1, 0.15) is 27.7 Å². The van der Waals surface area contributed by atoms with Gasteiger partial charge in [0, 0.05) is 24.5 Å². The lowest BCUT2D eigenvalue weighted by Gasteiger charge is -2.36. The van der Waals surface area contributed by atoms with Crippen molar-refractivity contribution >= 4 is 16.0 Å². The number of piperazine rings is 1. The number of nitrogens with one attached hydrogen (secondary N) is 1. The molecule has 148 valence electrons. The maximum absolute atomic E-state index is 12.9. The van der Waals surface area contributed by atoms with Crippen LogP contribution in [0.5, 0.6) is 5.75 Å². The molecule has 27 heavy (non-hydrogen) atoms. The average Bonchev–Trinajstić information content (AvgIpc) is 2.58. The van der Waals surface area contributed by atoms with Crippen molar-refractivity contribution in [1.82, 2.24) is 9.62 Å². The molecule has 0 saturated carbocycles. The van der Waals surface area contributed by atoms with E-state index < -0.39 is 28.1 Å². The van der Waals surface area contributed by atoms with E-state index in [1.165, 1.54) is 12.1 Å². The van der Waals surface area contributed by atoms with Crippen LogP contribution in [0.25, 0.3) is 0 Å². The van der Waals surface area contributed by atoms with Gasteiger partial charge >= 0.3 is 5.97 Å². The zero-order valence-electron chi connectivity index (χ0n) is 16.0. The molecule has 1 aliphatic heterocycles. The Labute approximate surface area is 160 Å². The van der Waals surface area contributed by atoms with E-state index in [-0.39, 0.29) is 23.5 Å². The molecule has 2 atom stereocenters. The van der Waals surface area contributed by atoms with E-state index in [1.54, 1.807) is 19.1 Å². The van der Waals surface area contributed by atoms with E-state index in [2.05, 4.69) is 17.2 Å². The molecule has 1 fully saturated rings. The highest BCUT2D eigenvalue weighted by atomic mass is 32.2. The Bertz CT molecular complexity index is 832. The van der Waals surface area contributed by atoms with E-state index in [0.717, 1.165) is 4.31 Å². The summed E-state index contributed by atoms with van der Waals surface area (Å²) in [4.78, 5) is 11.6. The van der Waals surface area contributed by atoms with Gasteiger partial charge in [-0.2, -0.15) is 4.31 Å². The first-order chi connectivity index (χ1) is 12.5. The SMILES string of the molecule is CC1NCCN(S(=O)(=O)c2ccc(OCC#CC(C)(C)C)cc2)C1C(=O)O. The monoisotopic (exact) mass is 394 g/mol. The highest BCUT2D eigenvalue weighted by Gasteiger charge is 2.41. The zero-order chi connectivity index (χ0) is 20.2. The van der Waals surface area contributed by atoms with Gasteiger partial charge in [-0.3, -0.25) is 4.79 Å². The molecule has 7 nitrogen and oxygen atoms in total. The molecule has 1 aromatic rings. The standard InChI is InChI=1S/C19H26N2O5S/c1-14-17(18(22)23)21(12-11-20-14)27(24,25)16-8-6-15(7-9-16)26-13-5-10-19(2,3)4/h6-9,14,17,20H,11-13H2,1-4H3,(H,22,23). The molecule has 1 aliphatic rings. The highest BCUT2D eigenvalue weighted by molar-refractivity contribution is 7.89. The maximum Gasteiger partial charge on any atom is 0.323 e. The molecule has 1 saturated heterocycles. The Morgan fingerprint density at radius 2 is 1.96 bits per heavy atom. The summed E-state index contributed by atoms with van der Waals surface area (Å²) in [7, 11) is -3.92. The summed E-state index contributed by atoms with van der Waals surface area (Å²) >= 11 is 0. The second-order valence-electron chi connectivity index (χ2n) is 7.45. The van der Waals surface area contributed by atoms with Crippen LogP contribution in [0.4, 0.5) is 0 Å². The van der Waals surface area contributed by atoms with Crippen molar-refractivity contribution in [1.29, 1.82) is 0 Å². The van der Waals surface area contributed by atoms with Crippen LogP contribution in [0.15, 0.2) is 29.2 Å². The number of nitrogens with zero attached hydrogens (tertiary/aromatic N) is 1. The quantitative estimate of drug-likeness (QED) is 0.736. The smallest absolute Gasteiger partial charge is 0.323 e. The summed E-state index contributed by atoms with van der Waals surface area (Å²) in [6.45, 7) is 8.38. The number of carboxylic acids is 1. The van der Waals surface area contributed by atoms with Crippen molar-refractivity contribution in [2.75, 3.05) is 19.7 Å². The third-order valence-corrected chi connectivity index (χ3v) is 5.94. The molecule has 0 aromatic heterocycles. The van der Waals surface area contributed by atoms with Gasteiger partial charge in [0.05, 0.1) is 4.90 Å². The van der Waals surface area contributed by atoms with Gasteiger partial charge in [0.1, 0.15) is 18.4 Å². The van der Waals surface area contributed by atoms with Crippen LogP contribution in [-0.2, 0) is 14.8 Å². The summed E-state index contributed by atoms with van der Waals surface area (Å²) in [6, 6.07) is 4.32. The van der Waals surface area contributed by atoms with E-state index in [9.17, 15) is 18.3 Å².